The normalized spacial score (nSPS) is 22.8. The van der Waals surface area contributed by atoms with Crippen LogP contribution in [0.5, 0.6) is 0 Å². The minimum atomic E-state index is -3.04. The molecule has 0 aromatic carbocycles. The lowest BCUT2D eigenvalue weighted by Crippen LogP contribution is -2.40. The van der Waals surface area contributed by atoms with Crippen LogP contribution >= 0.6 is 0 Å². The molecule has 2 heterocycles. The number of aromatic nitrogens is 2. The number of rotatable bonds is 3. The van der Waals surface area contributed by atoms with Crippen molar-refractivity contribution in [2.24, 2.45) is 13.0 Å². The van der Waals surface area contributed by atoms with Crippen LogP contribution in [0.4, 0.5) is 0 Å². The minimum Gasteiger partial charge on any atom is -0.338 e. The average molecular weight is 257 g/mol. The van der Waals surface area contributed by atoms with Crippen molar-refractivity contribution in [1.29, 1.82) is 0 Å². The molecule has 1 aromatic rings. The topological polar surface area (TPSA) is 55.2 Å². The van der Waals surface area contributed by atoms with E-state index in [2.05, 4.69) is 4.98 Å². The van der Waals surface area contributed by atoms with E-state index in [0.717, 1.165) is 25.1 Å². The second kappa shape index (κ2) is 4.78. The van der Waals surface area contributed by atoms with Gasteiger partial charge in [-0.05, 0) is 18.8 Å². The summed E-state index contributed by atoms with van der Waals surface area (Å²) in [5.74, 6) is 1.42. The van der Waals surface area contributed by atoms with Gasteiger partial charge in [0, 0.05) is 39.0 Å². The minimum absolute atomic E-state index is 0.388. The summed E-state index contributed by atoms with van der Waals surface area (Å²) in [5.41, 5.74) is 0. The van der Waals surface area contributed by atoms with Crippen molar-refractivity contribution in [3.63, 3.8) is 0 Å². The molecular formula is C11H19N3O2S. The molecule has 1 atom stereocenters. The lowest BCUT2D eigenvalue weighted by molar-refractivity contribution is 0.263. The molecule has 6 heteroatoms. The molecule has 96 valence electrons. The molecule has 1 aliphatic heterocycles. The Hall–Kier alpha value is -0.880. The molecule has 2 rings (SSSR count). The van der Waals surface area contributed by atoms with Gasteiger partial charge in [0.1, 0.15) is 5.82 Å². The van der Waals surface area contributed by atoms with E-state index in [9.17, 15) is 8.42 Å². The quantitative estimate of drug-likeness (QED) is 0.798. The van der Waals surface area contributed by atoms with Crippen molar-refractivity contribution < 1.29 is 8.42 Å². The first kappa shape index (κ1) is 12.6. The molecule has 0 aliphatic carbocycles. The first-order valence-electron chi connectivity index (χ1n) is 5.88. The number of piperidine rings is 1. The zero-order valence-corrected chi connectivity index (χ0v) is 11.2. The maximum atomic E-state index is 11.5. The molecular weight excluding hydrogens is 238 g/mol. The monoisotopic (exact) mass is 257 g/mol. The van der Waals surface area contributed by atoms with Crippen LogP contribution in [0.1, 0.15) is 18.7 Å². The van der Waals surface area contributed by atoms with E-state index in [1.807, 2.05) is 17.8 Å². The highest BCUT2D eigenvalue weighted by atomic mass is 32.2. The molecule has 0 N–H and O–H groups in total. The predicted molar refractivity (Wildman–Crippen MR) is 66.1 cm³/mol. The maximum absolute atomic E-state index is 11.5. The van der Waals surface area contributed by atoms with Crippen molar-refractivity contribution in [1.82, 2.24) is 13.9 Å². The Morgan fingerprint density at radius 2 is 2.29 bits per heavy atom. The van der Waals surface area contributed by atoms with Gasteiger partial charge in [0.05, 0.1) is 6.26 Å². The van der Waals surface area contributed by atoms with Gasteiger partial charge in [0.2, 0.25) is 10.0 Å². The van der Waals surface area contributed by atoms with Crippen molar-refractivity contribution in [3.05, 3.63) is 18.2 Å². The van der Waals surface area contributed by atoms with Gasteiger partial charge in [-0.3, -0.25) is 0 Å². The Morgan fingerprint density at radius 3 is 2.88 bits per heavy atom. The fourth-order valence-corrected chi connectivity index (χ4v) is 3.29. The number of hydrogen-bond donors (Lipinski definition) is 0. The highest BCUT2D eigenvalue weighted by Crippen LogP contribution is 2.21. The third-order valence-corrected chi connectivity index (χ3v) is 4.61. The highest BCUT2D eigenvalue weighted by Gasteiger charge is 2.26. The number of imidazole rings is 1. The zero-order valence-electron chi connectivity index (χ0n) is 10.3. The van der Waals surface area contributed by atoms with Crippen LogP contribution in [0.25, 0.3) is 0 Å². The summed E-state index contributed by atoms with van der Waals surface area (Å²) in [7, 11) is -1.07. The molecule has 0 saturated carbocycles. The Kier molecular flexibility index (Phi) is 3.53. The van der Waals surface area contributed by atoms with Gasteiger partial charge >= 0.3 is 0 Å². The summed E-state index contributed by atoms with van der Waals surface area (Å²) in [6, 6.07) is 0. The van der Waals surface area contributed by atoms with Gasteiger partial charge in [-0.25, -0.2) is 17.7 Å². The predicted octanol–water partition coefficient (Wildman–Crippen LogP) is 0.634. The molecule has 5 nitrogen and oxygen atoms in total. The Morgan fingerprint density at radius 1 is 1.53 bits per heavy atom. The summed E-state index contributed by atoms with van der Waals surface area (Å²) >= 11 is 0. The fourth-order valence-electron chi connectivity index (χ4n) is 2.35. The zero-order chi connectivity index (χ0) is 12.5. The van der Waals surface area contributed by atoms with E-state index in [0.29, 0.717) is 19.0 Å². The molecule has 0 radical (unpaired) electrons. The Balaban J connectivity index is 2.01. The summed E-state index contributed by atoms with van der Waals surface area (Å²) in [6.07, 6.45) is 7.88. The summed E-state index contributed by atoms with van der Waals surface area (Å²) in [5, 5.41) is 0. The SMILES string of the molecule is Cn1ccnc1C[C@H]1CCCN(S(C)(=O)=O)C1. The van der Waals surface area contributed by atoms with Gasteiger partial charge in [-0.1, -0.05) is 0 Å². The average Bonchev–Trinajstić information content (AvgIpc) is 2.64. The second-order valence-electron chi connectivity index (χ2n) is 4.79. The van der Waals surface area contributed by atoms with Crippen molar-refractivity contribution in [3.8, 4) is 0 Å². The summed E-state index contributed by atoms with van der Waals surface area (Å²) in [6.45, 7) is 1.29. The van der Waals surface area contributed by atoms with Gasteiger partial charge in [0.15, 0.2) is 0 Å². The van der Waals surface area contributed by atoms with E-state index < -0.39 is 10.0 Å². The van der Waals surface area contributed by atoms with E-state index in [1.165, 1.54) is 6.26 Å². The number of aryl methyl sites for hydroxylation is 1. The number of hydrogen-bond acceptors (Lipinski definition) is 3. The Labute approximate surface area is 103 Å². The summed E-state index contributed by atoms with van der Waals surface area (Å²) in [4.78, 5) is 4.29. The molecule has 17 heavy (non-hydrogen) atoms. The molecule has 1 aromatic heterocycles. The molecule has 1 saturated heterocycles. The fraction of sp³-hybridized carbons (Fsp3) is 0.727. The lowest BCUT2D eigenvalue weighted by Gasteiger charge is -2.30. The van der Waals surface area contributed by atoms with Gasteiger partial charge < -0.3 is 4.57 Å². The molecule has 0 bridgehead atoms. The van der Waals surface area contributed by atoms with Gasteiger partial charge in [0.25, 0.3) is 0 Å². The molecule has 0 spiro atoms. The largest absolute Gasteiger partial charge is 0.338 e. The van der Waals surface area contributed by atoms with Crippen molar-refractivity contribution in [2.45, 2.75) is 19.3 Å². The van der Waals surface area contributed by atoms with E-state index in [1.54, 1.807) is 10.5 Å². The van der Waals surface area contributed by atoms with Crippen LogP contribution in [0.3, 0.4) is 0 Å². The maximum Gasteiger partial charge on any atom is 0.211 e. The first-order chi connectivity index (χ1) is 7.97. The van der Waals surface area contributed by atoms with Gasteiger partial charge in [-0.15, -0.1) is 0 Å². The highest BCUT2D eigenvalue weighted by molar-refractivity contribution is 7.88. The van der Waals surface area contributed by atoms with Crippen molar-refractivity contribution in [2.75, 3.05) is 19.3 Å². The van der Waals surface area contributed by atoms with Crippen LogP contribution in [-0.2, 0) is 23.5 Å². The molecule has 1 aliphatic rings. The lowest BCUT2D eigenvalue weighted by atomic mass is 9.96. The smallest absolute Gasteiger partial charge is 0.211 e. The summed E-state index contributed by atoms with van der Waals surface area (Å²) < 4.78 is 26.6. The molecule has 1 fully saturated rings. The van der Waals surface area contributed by atoms with Crippen LogP contribution in [0.2, 0.25) is 0 Å². The van der Waals surface area contributed by atoms with Crippen LogP contribution in [-0.4, -0.2) is 41.6 Å². The second-order valence-corrected chi connectivity index (χ2v) is 6.77. The third kappa shape index (κ3) is 3.07. The van der Waals surface area contributed by atoms with E-state index >= 15 is 0 Å². The van der Waals surface area contributed by atoms with E-state index in [4.69, 9.17) is 0 Å². The van der Waals surface area contributed by atoms with Crippen LogP contribution in [0.15, 0.2) is 12.4 Å². The first-order valence-corrected chi connectivity index (χ1v) is 7.73. The molecule has 0 unspecified atom stereocenters. The third-order valence-electron chi connectivity index (χ3n) is 3.34. The van der Waals surface area contributed by atoms with E-state index in [-0.39, 0.29) is 0 Å². The van der Waals surface area contributed by atoms with Gasteiger partial charge in [-0.2, -0.15) is 0 Å². The number of nitrogens with zero attached hydrogens (tertiary/aromatic N) is 3. The van der Waals surface area contributed by atoms with Crippen LogP contribution < -0.4 is 0 Å². The van der Waals surface area contributed by atoms with Crippen LogP contribution in [0, 0.1) is 5.92 Å². The molecule has 0 amide bonds. The van der Waals surface area contributed by atoms with Crippen molar-refractivity contribution >= 4 is 10.0 Å². The standard InChI is InChI=1S/C11H19N3O2S/c1-13-7-5-12-11(13)8-10-4-3-6-14(9-10)17(2,15)16/h5,7,10H,3-4,6,8-9H2,1-2H3/t10-/m1/s1. The Bertz CT molecular complexity index is 481. The number of sulfonamides is 1.